The van der Waals surface area contributed by atoms with E-state index in [9.17, 15) is 5.11 Å². The summed E-state index contributed by atoms with van der Waals surface area (Å²) in [6, 6.07) is 18.8. The predicted molar refractivity (Wildman–Crippen MR) is 88.9 cm³/mol. The Morgan fingerprint density at radius 2 is 1.57 bits per heavy atom. The first-order chi connectivity index (χ1) is 10.1. The van der Waals surface area contributed by atoms with Crippen LogP contribution in [0.4, 0.5) is 5.69 Å². The summed E-state index contributed by atoms with van der Waals surface area (Å²) in [6.45, 7) is 1.95. The molecule has 0 fully saturated rings. The largest absolute Gasteiger partial charge is 0.508 e. The van der Waals surface area contributed by atoms with Crippen LogP contribution >= 0.6 is 11.6 Å². The van der Waals surface area contributed by atoms with Crippen molar-refractivity contribution < 1.29 is 5.11 Å². The van der Waals surface area contributed by atoms with Crippen LogP contribution < -0.4 is 0 Å². The highest BCUT2D eigenvalue weighted by atomic mass is 35.5. The number of hydrogen-bond donors (Lipinski definition) is 1. The summed E-state index contributed by atoms with van der Waals surface area (Å²) in [7, 11) is 0. The van der Waals surface area contributed by atoms with Crippen molar-refractivity contribution >= 4 is 33.8 Å². The van der Waals surface area contributed by atoms with Crippen molar-refractivity contribution in [2.45, 2.75) is 6.92 Å². The van der Waals surface area contributed by atoms with E-state index in [0.29, 0.717) is 0 Å². The van der Waals surface area contributed by atoms with Crippen LogP contribution in [-0.2, 0) is 0 Å². The first kappa shape index (κ1) is 13.7. The molecule has 0 saturated carbocycles. The van der Waals surface area contributed by atoms with Crippen molar-refractivity contribution in [2.75, 3.05) is 0 Å². The second-order valence-corrected chi connectivity index (χ2v) is 5.26. The molecule has 1 N–H and O–H groups in total. The van der Waals surface area contributed by atoms with Gasteiger partial charge < -0.3 is 5.11 Å². The van der Waals surface area contributed by atoms with Gasteiger partial charge in [0.1, 0.15) is 5.75 Å². The van der Waals surface area contributed by atoms with E-state index in [1.807, 2.05) is 55.5 Å². The standard InChI is InChI=1S/C18H14ClNO/c1-12(13-6-8-14(21)9-7-13)20-18-11-10-17(19)15-4-2-3-5-16(15)18/h2-11,21H,1H3. The highest BCUT2D eigenvalue weighted by Crippen LogP contribution is 2.31. The Kier molecular flexibility index (Phi) is 3.63. The maximum absolute atomic E-state index is 9.35. The number of fused-ring (bicyclic) bond motifs is 1. The van der Waals surface area contributed by atoms with Gasteiger partial charge in [-0.1, -0.05) is 35.9 Å². The monoisotopic (exact) mass is 295 g/mol. The van der Waals surface area contributed by atoms with E-state index in [1.54, 1.807) is 12.1 Å². The Bertz CT molecular complexity index is 822. The fourth-order valence-electron chi connectivity index (χ4n) is 2.29. The fourth-order valence-corrected chi connectivity index (χ4v) is 2.52. The molecule has 21 heavy (non-hydrogen) atoms. The highest BCUT2D eigenvalue weighted by Gasteiger charge is 2.04. The summed E-state index contributed by atoms with van der Waals surface area (Å²) in [4.78, 5) is 4.70. The SMILES string of the molecule is CC(=Nc1ccc(Cl)c2ccccc12)c1ccc(O)cc1. The van der Waals surface area contributed by atoms with Gasteiger partial charge in [-0.3, -0.25) is 4.99 Å². The molecule has 0 unspecified atom stereocenters. The molecule has 104 valence electrons. The average Bonchev–Trinajstić information content (AvgIpc) is 2.51. The molecule has 0 aliphatic heterocycles. The number of aliphatic imine (C=N–C) groups is 1. The molecule has 0 radical (unpaired) electrons. The first-order valence-electron chi connectivity index (χ1n) is 6.67. The van der Waals surface area contributed by atoms with E-state index in [-0.39, 0.29) is 5.75 Å². The summed E-state index contributed by atoms with van der Waals surface area (Å²) in [5.74, 6) is 0.253. The molecule has 0 saturated heterocycles. The van der Waals surface area contributed by atoms with Gasteiger partial charge in [-0.05, 0) is 48.9 Å². The molecule has 3 heteroatoms. The Labute approximate surface area is 128 Å². The summed E-state index contributed by atoms with van der Waals surface area (Å²) in [6.07, 6.45) is 0. The van der Waals surface area contributed by atoms with Gasteiger partial charge in [-0.15, -0.1) is 0 Å². The third-order valence-electron chi connectivity index (χ3n) is 3.42. The zero-order valence-electron chi connectivity index (χ0n) is 11.5. The molecule has 3 rings (SSSR count). The van der Waals surface area contributed by atoms with Crippen LogP contribution in [0.15, 0.2) is 65.7 Å². The van der Waals surface area contributed by atoms with Gasteiger partial charge in [0.2, 0.25) is 0 Å². The second kappa shape index (κ2) is 5.58. The van der Waals surface area contributed by atoms with Crippen LogP contribution in [-0.4, -0.2) is 10.8 Å². The quantitative estimate of drug-likeness (QED) is 0.636. The van der Waals surface area contributed by atoms with Crippen molar-refractivity contribution in [2.24, 2.45) is 4.99 Å². The molecule has 2 nitrogen and oxygen atoms in total. The molecule has 3 aromatic rings. The lowest BCUT2D eigenvalue weighted by molar-refractivity contribution is 0.475. The Balaban J connectivity index is 2.11. The van der Waals surface area contributed by atoms with Crippen LogP contribution in [0.1, 0.15) is 12.5 Å². The third kappa shape index (κ3) is 2.76. The smallest absolute Gasteiger partial charge is 0.115 e. The van der Waals surface area contributed by atoms with Gasteiger partial charge in [0.25, 0.3) is 0 Å². The van der Waals surface area contributed by atoms with Gasteiger partial charge in [-0.25, -0.2) is 0 Å². The van der Waals surface area contributed by atoms with E-state index in [4.69, 9.17) is 16.6 Å². The normalized spacial score (nSPS) is 11.8. The summed E-state index contributed by atoms with van der Waals surface area (Å²) in [5.41, 5.74) is 2.76. The minimum atomic E-state index is 0.253. The zero-order chi connectivity index (χ0) is 14.8. The van der Waals surface area contributed by atoms with Gasteiger partial charge in [-0.2, -0.15) is 0 Å². The van der Waals surface area contributed by atoms with Gasteiger partial charge >= 0.3 is 0 Å². The number of rotatable bonds is 2. The topological polar surface area (TPSA) is 32.6 Å². The molecule has 3 aromatic carbocycles. The Morgan fingerprint density at radius 3 is 2.29 bits per heavy atom. The lowest BCUT2D eigenvalue weighted by atomic mass is 10.1. The van der Waals surface area contributed by atoms with Gasteiger partial charge in [0.05, 0.1) is 5.69 Å². The van der Waals surface area contributed by atoms with E-state index < -0.39 is 0 Å². The minimum Gasteiger partial charge on any atom is -0.508 e. The molecule has 0 aliphatic rings. The lowest BCUT2D eigenvalue weighted by Crippen LogP contribution is -1.93. The summed E-state index contributed by atoms with van der Waals surface area (Å²) >= 11 is 6.22. The molecule has 0 amide bonds. The predicted octanol–water partition coefficient (Wildman–Crippen LogP) is 5.34. The Hall–Kier alpha value is -2.32. The molecule has 0 spiro atoms. The molecule has 0 heterocycles. The van der Waals surface area contributed by atoms with E-state index in [1.165, 1.54) is 0 Å². The van der Waals surface area contributed by atoms with Crippen molar-refractivity contribution in [1.29, 1.82) is 0 Å². The average molecular weight is 296 g/mol. The van der Waals surface area contributed by atoms with Gasteiger partial charge in [0.15, 0.2) is 0 Å². The highest BCUT2D eigenvalue weighted by molar-refractivity contribution is 6.36. The van der Waals surface area contributed by atoms with Crippen LogP contribution in [0.5, 0.6) is 5.75 Å². The minimum absolute atomic E-state index is 0.253. The van der Waals surface area contributed by atoms with Gasteiger partial charge in [0, 0.05) is 21.5 Å². The molecule has 0 aromatic heterocycles. The second-order valence-electron chi connectivity index (χ2n) is 4.86. The number of nitrogens with zero attached hydrogens (tertiary/aromatic N) is 1. The Morgan fingerprint density at radius 1 is 0.905 bits per heavy atom. The van der Waals surface area contributed by atoms with Crippen LogP contribution in [0.25, 0.3) is 10.8 Å². The van der Waals surface area contributed by atoms with Crippen LogP contribution in [0.3, 0.4) is 0 Å². The van der Waals surface area contributed by atoms with E-state index >= 15 is 0 Å². The summed E-state index contributed by atoms with van der Waals surface area (Å²) in [5, 5.41) is 12.1. The molecular weight excluding hydrogens is 282 g/mol. The van der Waals surface area contributed by atoms with Crippen LogP contribution in [0, 0.1) is 0 Å². The van der Waals surface area contributed by atoms with Crippen molar-refractivity contribution in [1.82, 2.24) is 0 Å². The van der Waals surface area contributed by atoms with E-state index in [2.05, 4.69) is 0 Å². The maximum Gasteiger partial charge on any atom is 0.115 e. The molecule has 0 bridgehead atoms. The van der Waals surface area contributed by atoms with Crippen molar-refractivity contribution in [3.05, 3.63) is 71.2 Å². The fraction of sp³-hybridized carbons (Fsp3) is 0.0556. The molecular formula is C18H14ClNO. The van der Waals surface area contributed by atoms with Crippen LogP contribution in [0.2, 0.25) is 5.02 Å². The zero-order valence-corrected chi connectivity index (χ0v) is 12.3. The molecule has 0 aliphatic carbocycles. The molecule has 0 atom stereocenters. The van der Waals surface area contributed by atoms with Crippen molar-refractivity contribution in [3.63, 3.8) is 0 Å². The first-order valence-corrected chi connectivity index (χ1v) is 7.05. The van der Waals surface area contributed by atoms with Crippen molar-refractivity contribution in [3.8, 4) is 5.75 Å². The maximum atomic E-state index is 9.35. The lowest BCUT2D eigenvalue weighted by Gasteiger charge is -2.06. The summed E-state index contributed by atoms with van der Waals surface area (Å²) < 4.78 is 0. The number of aromatic hydroxyl groups is 1. The number of phenolic OH excluding ortho intramolecular Hbond substituents is 1. The third-order valence-corrected chi connectivity index (χ3v) is 3.75. The number of halogens is 1. The van der Waals surface area contributed by atoms with E-state index in [0.717, 1.165) is 32.8 Å². The number of phenols is 1. The number of hydrogen-bond acceptors (Lipinski definition) is 2. The number of benzene rings is 3.